The van der Waals surface area contributed by atoms with Gasteiger partial charge in [-0.2, -0.15) is 4.31 Å². The summed E-state index contributed by atoms with van der Waals surface area (Å²) in [4.78, 5) is 18.5. The van der Waals surface area contributed by atoms with Gasteiger partial charge in [-0.3, -0.25) is 9.69 Å². The molecule has 6 nitrogen and oxygen atoms in total. The summed E-state index contributed by atoms with van der Waals surface area (Å²) in [6, 6.07) is 7.07. The first kappa shape index (κ1) is 24.3. The molecule has 1 aliphatic heterocycles. The zero-order valence-electron chi connectivity index (χ0n) is 18.1. The number of halogens is 2. The number of fused-ring (bicyclic) bond motifs is 1. The van der Waals surface area contributed by atoms with Crippen LogP contribution in [0.3, 0.4) is 0 Å². The van der Waals surface area contributed by atoms with Crippen LogP contribution in [0, 0.1) is 36.3 Å². The molecule has 0 spiro atoms. The highest BCUT2D eigenvalue weighted by atomic mass is 32.2. The molecule has 0 bridgehead atoms. The molecular formula is C25H17F2N3O3S2. The van der Waals surface area contributed by atoms with E-state index >= 15 is 0 Å². The molecule has 3 aromatic rings. The van der Waals surface area contributed by atoms with Crippen LogP contribution in [0.25, 0.3) is 11.6 Å². The van der Waals surface area contributed by atoms with E-state index in [1.54, 1.807) is 17.7 Å². The Morgan fingerprint density at radius 1 is 1.14 bits per heavy atom. The average Bonchev–Trinajstić information content (AvgIpc) is 3.43. The predicted molar refractivity (Wildman–Crippen MR) is 130 cm³/mol. The van der Waals surface area contributed by atoms with Crippen LogP contribution in [-0.4, -0.2) is 36.7 Å². The molecule has 0 N–H and O–H groups in total. The van der Waals surface area contributed by atoms with Gasteiger partial charge < -0.3 is 0 Å². The lowest BCUT2D eigenvalue weighted by Gasteiger charge is -2.21. The molecule has 1 aromatic heterocycles. The van der Waals surface area contributed by atoms with Crippen molar-refractivity contribution in [2.45, 2.75) is 11.4 Å². The number of sulfonamides is 1. The van der Waals surface area contributed by atoms with Crippen molar-refractivity contribution in [2.24, 2.45) is 0 Å². The van der Waals surface area contributed by atoms with Gasteiger partial charge in [0.1, 0.15) is 16.6 Å². The monoisotopic (exact) mass is 509 g/mol. The van der Waals surface area contributed by atoms with Gasteiger partial charge in [0, 0.05) is 35.3 Å². The first-order chi connectivity index (χ1) is 16.8. The number of benzene rings is 2. The summed E-state index contributed by atoms with van der Waals surface area (Å²) < 4.78 is 55.4. The minimum absolute atomic E-state index is 0.000200. The second kappa shape index (κ2) is 9.80. The maximum absolute atomic E-state index is 14.2. The third kappa shape index (κ3) is 4.73. The van der Waals surface area contributed by atoms with Crippen LogP contribution in [-0.2, 0) is 21.4 Å². The van der Waals surface area contributed by atoms with Crippen LogP contribution < -0.4 is 4.90 Å². The number of hydrogen-bond donors (Lipinski definition) is 0. The van der Waals surface area contributed by atoms with Crippen molar-refractivity contribution in [1.29, 1.82) is 0 Å². The summed E-state index contributed by atoms with van der Waals surface area (Å²) in [7, 11) is -4.22. The summed E-state index contributed by atoms with van der Waals surface area (Å²) in [6.07, 6.45) is 14.0. The number of anilines is 1. The Labute approximate surface area is 205 Å². The van der Waals surface area contributed by atoms with Gasteiger partial charge in [0.05, 0.1) is 29.2 Å². The first-order valence-corrected chi connectivity index (χ1v) is 12.5. The second-order valence-corrected chi connectivity index (χ2v) is 10.3. The third-order valence-electron chi connectivity index (χ3n) is 5.26. The highest BCUT2D eigenvalue weighted by Crippen LogP contribution is 2.39. The summed E-state index contributed by atoms with van der Waals surface area (Å²) in [6.45, 7) is -0.750. The Morgan fingerprint density at radius 3 is 2.60 bits per heavy atom. The fourth-order valence-corrected chi connectivity index (χ4v) is 5.56. The van der Waals surface area contributed by atoms with E-state index < -0.39 is 28.2 Å². The first-order valence-electron chi connectivity index (χ1n) is 10.1. The normalized spacial score (nSPS) is 14.3. The van der Waals surface area contributed by atoms with Crippen molar-refractivity contribution in [3.8, 4) is 24.7 Å². The van der Waals surface area contributed by atoms with Crippen LogP contribution in [0.4, 0.5) is 14.5 Å². The zero-order valence-corrected chi connectivity index (χ0v) is 19.7. The number of amides is 1. The van der Waals surface area contributed by atoms with Crippen LogP contribution in [0.15, 0.2) is 52.9 Å². The molecule has 2 aromatic carbocycles. The third-order valence-corrected chi connectivity index (χ3v) is 7.77. The topological polar surface area (TPSA) is 70.6 Å². The number of hydrogen-bond acceptors (Lipinski definition) is 5. The fraction of sp³-hybridized carbons (Fsp3) is 0.120. The minimum Gasteiger partial charge on any atom is -0.296 e. The quantitative estimate of drug-likeness (QED) is 0.359. The molecule has 176 valence electrons. The second-order valence-electron chi connectivity index (χ2n) is 7.42. The number of aromatic nitrogens is 1. The number of terminal acetylenes is 2. The minimum atomic E-state index is -4.22. The molecule has 1 amide bonds. The van der Waals surface area contributed by atoms with Crippen LogP contribution in [0.1, 0.15) is 16.1 Å². The van der Waals surface area contributed by atoms with Gasteiger partial charge in [-0.1, -0.05) is 17.9 Å². The molecule has 10 heteroatoms. The molecule has 35 heavy (non-hydrogen) atoms. The number of carbonyl (C=O) groups is 1. The van der Waals surface area contributed by atoms with E-state index in [1.807, 2.05) is 0 Å². The van der Waals surface area contributed by atoms with E-state index in [0.29, 0.717) is 22.3 Å². The van der Waals surface area contributed by atoms with Crippen molar-refractivity contribution in [3.05, 3.63) is 75.7 Å². The van der Waals surface area contributed by atoms with Crippen LogP contribution in [0.2, 0.25) is 0 Å². The Kier molecular flexibility index (Phi) is 6.81. The van der Waals surface area contributed by atoms with Crippen molar-refractivity contribution in [1.82, 2.24) is 9.29 Å². The van der Waals surface area contributed by atoms with Gasteiger partial charge in [-0.15, -0.1) is 24.2 Å². The zero-order chi connectivity index (χ0) is 25.2. The van der Waals surface area contributed by atoms with Crippen molar-refractivity contribution in [3.63, 3.8) is 0 Å². The van der Waals surface area contributed by atoms with Gasteiger partial charge in [0.15, 0.2) is 0 Å². The maximum Gasteiger partial charge on any atom is 0.259 e. The summed E-state index contributed by atoms with van der Waals surface area (Å²) in [5.74, 6) is 2.65. The van der Waals surface area contributed by atoms with Crippen LogP contribution >= 0.6 is 11.3 Å². The van der Waals surface area contributed by atoms with Gasteiger partial charge in [0.25, 0.3) is 5.91 Å². The molecule has 1 aliphatic rings. The number of thiazole rings is 1. The molecule has 2 heterocycles. The van der Waals surface area contributed by atoms with Gasteiger partial charge in [-0.05, 0) is 30.3 Å². The molecule has 0 aliphatic carbocycles. The average molecular weight is 510 g/mol. The van der Waals surface area contributed by atoms with Crippen molar-refractivity contribution in [2.75, 3.05) is 18.0 Å². The predicted octanol–water partition coefficient (Wildman–Crippen LogP) is 3.77. The molecule has 0 atom stereocenters. The van der Waals surface area contributed by atoms with E-state index in [-0.39, 0.29) is 35.0 Å². The number of carbonyl (C=O) groups excluding carboxylic acids is 1. The van der Waals surface area contributed by atoms with Crippen molar-refractivity contribution < 1.29 is 22.0 Å². The largest absolute Gasteiger partial charge is 0.296 e. The van der Waals surface area contributed by atoms with E-state index in [2.05, 4.69) is 16.8 Å². The lowest BCUT2D eigenvalue weighted by molar-refractivity contribution is -0.112. The summed E-state index contributed by atoms with van der Waals surface area (Å²) in [5.41, 5.74) is 1.04. The fourth-order valence-electron chi connectivity index (χ4n) is 3.63. The Bertz CT molecular complexity index is 1520. The lowest BCUT2D eigenvalue weighted by atomic mass is 10.1. The Morgan fingerprint density at radius 2 is 1.94 bits per heavy atom. The van der Waals surface area contributed by atoms with Gasteiger partial charge in [0.2, 0.25) is 10.0 Å². The van der Waals surface area contributed by atoms with E-state index in [0.717, 1.165) is 16.4 Å². The smallest absolute Gasteiger partial charge is 0.259 e. The SMILES string of the molecule is C#CCN1C(=O)/C(=C/c2nccs2)c2cc(S(=O)(=O)N(CC#C)Cc3ccc(F)cc3F)ccc21. The molecule has 0 saturated heterocycles. The van der Waals surface area contributed by atoms with E-state index in [9.17, 15) is 22.0 Å². The van der Waals surface area contributed by atoms with E-state index in [4.69, 9.17) is 12.8 Å². The van der Waals surface area contributed by atoms with Gasteiger partial charge in [-0.25, -0.2) is 22.2 Å². The molecule has 4 rings (SSSR count). The van der Waals surface area contributed by atoms with Crippen LogP contribution in [0.5, 0.6) is 0 Å². The van der Waals surface area contributed by atoms with E-state index in [1.165, 1.54) is 34.4 Å². The number of rotatable bonds is 7. The van der Waals surface area contributed by atoms with Crippen molar-refractivity contribution >= 4 is 44.6 Å². The maximum atomic E-state index is 14.2. The highest BCUT2D eigenvalue weighted by molar-refractivity contribution is 7.89. The standard InChI is InChI=1S/C25H17F2N3O3S2/c1-3-10-29(16-17-5-6-18(26)13-22(17)27)35(32,33)19-7-8-23-20(14-19)21(15-24-28-9-12-34-24)25(31)30(23)11-4-2/h1-2,5-9,12-15H,10-11,16H2/b21-15+. The Balaban J connectivity index is 1.78. The molecule has 0 saturated carbocycles. The molecule has 0 radical (unpaired) electrons. The van der Waals surface area contributed by atoms with Gasteiger partial charge >= 0.3 is 0 Å². The highest BCUT2D eigenvalue weighted by Gasteiger charge is 2.34. The molecular weight excluding hydrogens is 492 g/mol. The summed E-state index contributed by atoms with van der Waals surface area (Å²) >= 11 is 1.32. The lowest BCUT2D eigenvalue weighted by Crippen LogP contribution is -2.31. The summed E-state index contributed by atoms with van der Waals surface area (Å²) in [5, 5.41) is 2.31. The molecule has 0 unspecified atom stereocenters. The number of nitrogens with zero attached hydrogens (tertiary/aromatic N) is 3. The molecule has 0 fully saturated rings. The Hall–Kier alpha value is -3.83.